The molecule has 1 fully saturated rings. The molecule has 0 aromatic carbocycles. The number of aromatic nitrogens is 1. The molecule has 1 aliphatic heterocycles. The molecule has 1 aromatic heterocycles. The number of rotatable bonds is 6. The first-order valence-corrected chi connectivity index (χ1v) is 8.13. The van der Waals surface area contributed by atoms with Crippen LogP contribution in [0.15, 0.2) is 24.5 Å². The molecule has 2 atom stereocenters. The van der Waals surface area contributed by atoms with Crippen LogP contribution in [-0.2, 0) is 9.53 Å². The maximum atomic E-state index is 11.7. The maximum absolute atomic E-state index is 11.7. The predicted octanol–water partition coefficient (Wildman–Crippen LogP) is 2.15. The van der Waals surface area contributed by atoms with Gasteiger partial charge in [-0.25, -0.2) is 0 Å². The summed E-state index contributed by atoms with van der Waals surface area (Å²) in [7, 11) is 1.45. The number of methoxy groups -OCH3 is 1. The molecule has 1 saturated heterocycles. The molecule has 122 valence electrons. The van der Waals surface area contributed by atoms with Gasteiger partial charge < -0.3 is 10.1 Å². The molecule has 5 heteroatoms. The van der Waals surface area contributed by atoms with E-state index in [0.717, 1.165) is 32.4 Å². The minimum absolute atomic E-state index is 0.157. The summed E-state index contributed by atoms with van der Waals surface area (Å²) in [4.78, 5) is 18.2. The Kier molecular flexibility index (Phi) is 6.34. The van der Waals surface area contributed by atoms with Crippen molar-refractivity contribution in [1.29, 1.82) is 0 Å². The van der Waals surface area contributed by atoms with Gasteiger partial charge in [0.15, 0.2) is 0 Å². The molecule has 0 aliphatic carbocycles. The molecule has 22 heavy (non-hydrogen) atoms. The Morgan fingerprint density at radius 3 is 2.59 bits per heavy atom. The van der Waals surface area contributed by atoms with Gasteiger partial charge in [0.25, 0.3) is 0 Å². The Bertz CT molecular complexity index is 458. The number of hydrogen-bond donors (Lipinski definition) is 1. The number of likely N-dealkylation sites (tertiary alicyclic amines) is 1. The lowest BCUT2D eigenvalue weighted by atomic mass is 9.99. The number of carbonyl (C=O) groups excluding carboxylic acids is 1. The topological polar surface area (TPSA) is 54.5 Å². The lowest BCUT2D eigenvalue weighted by Gasteiger charge is -2.37. The van der Waals surface area contributed by atoms with Gasteiger partial charge in [0.2, 0.25) is 0 Å². The fraction of sp³-hybridized carbons (Fsp3) is 0.647. The van der Waals surface area contributed by atoms with Crippen molar-refractivity contribution in [2.75, 3.05) is 20.2 Å². The second-order valence-corrected chi connectivity index (χ2v) is 5.92. The number of hydrogen-bond acceptors (Lipinski definition) is 5. The van der Waals surface area contributed by atoms with Crippen LogP contribution < -0.4 is 5.32 Å². The third-order valence-electron chi connectivity index (χ3n) is 4.60. The van der Waals surface area contributed by atoms with E-state index in [1.165, 1.54) is 12.7 Å². The number of ether oxygens (including phenoxy) is 1. The molecule has 0 spiro atoms. The molecule has 0 radical (unpaired) electrons. The molecular formula is C17H27N3O2. The zero-order chi connectivity index (χ0) is 15.9. The second kappa shape index (κ2) is 8.25. The summed E-state index contributed by atoms with van der Waals surface area (Å²) >= 11 is 0. The highest BCUT2D eigenvalue weighted by molar-refractivity contribution is 5.75. The van der Waals surface area contributed by atoms with Crippen LogP contribution in [0, 0.1) is 0 Å². The molecule has 0 saturated carbocycles. The number of piperidine rings is 1. The zero-order valence-corrected chi connectivity index (χ0v) is 13.8. The van der Waals surface area contributed by atoms with Crippen LogP contribution in [0.25, 0.3) is 0 Å². The highest BCUT2D eigenvalue weighted by atomic mass is 16.5. The van der Waals surface area contributed by atoms with Crippen molar-refractivity contribution in [3.8, 4) is 0 Å². The third kappa shape index (κ3) is 4.27. The Balaban J connectivity index is 1.84. The normalized spacial score (nSPS) is 19.6. The van der Waals surface area contributed by atoms with E-state index < -0.39 is 0 Å². The molecule has 1 N–H and O–H groups in total. The van der Waals surface area contributed by atoms with Crippen molar-refractivity contribution >= 4 is 5.97 Å². The summed E-state index contributed by atoms with van der Waals surface area (Å²) in [6.07, 6.45) is 6.58. The molecule has 0 unspecified atom stereocenters. The van der Waals surface area contributed by atoms with Crippen LogP contribution in [0.2, 0.25) is 0 Å². The fourth-order valence-corrected chi connectivity index (χ4v) is 3.09. The van der Waals surface area contributed by atoms with Gasteiger partial charge >= 0.3 is 5.97 Å². The van der Waals surface area contributed by atoms with E-state index in [2.05, 4.69) is 34.3 Å². The molecule has 1 aliphatic rings. The van der Waals surface area contributed by atoms with Crippen LogP contribution >= 0.6 is 0 Å². The highest BCUT2D eigenvalue weighted by Gasteiger charge is 2.26. The van der Waals surface area contributed by atoms with Crippen molar-refractivity contribution in [3.05, 3.63) is 30.1 Å². The Morgan fingerprint density at radius 2 is 2.05 bits per heavy atom. The van der Waals surface area contributed by atoms with Crippen LogP contribution in [-0.4, -0.2) is 48.1 Å². The summed E-state index contributed by atoms with van der Waals surface area (Å²) in [6, 6.07) is 4.79. The van der Waals surface area contributed by atoms with Crippen molar-refractivity contribution < 1.29 is 9.53 Å². The highest BCUT2D eigenvalue weighted by Crippen LogP contribution is 2.24. The lowest BCUT2D eigenvalue weighted by Crippen LogP contribution is -2.49. The van der Waals surface area contributed by atoms with Gasteiger partial charge in [-0.3, -0.25) is 14.7 Å². The average molecular weight is 305 g/mol. The van der Waals surface area contributed by atoms with E-state index in [9.17, 15) is 4.79 Å². The first-order chi connectivity index (χ1) is 10.7. The minimum Gasteiger partial charge on any atom is -0.468 e. The van der Waals surface area contributed by atoms with E-state index in [1.807, 2.05) is 19.3 Å². The number of carbonyl (C=O) groups is 1. The Labute approximate surface area is 133 Å². The standard InChI is InChI=1S/C17H27N3O2/c1-4-16(17(21)22-3)19-15-7-11-20(12-8-15)13(2)14-5-9-18-10-6-14/h5-6,9-10,13,15-16,19H,4,7-8,11-12H2,1-3H3/t13-,16-/m1/s1. The summed E-state index contributed by atoms with van der Waals surface area (Å²) in [6.45, 7) is 6.33. The zero-order valence-electron chi connectivity index (χ0n) is 13.8. The van der Waals surface area contributed by atoms with Crippen LogP contribution in [0.1, 0.15) is 44.7 Å². The monoisotopic (exact) mass is 305 g/mol. The lowest BCUT2D eigenvalue weighted by molar-refractivity contribution is -0.143. The van der Waals surface area contributed by atoms with Gasteiger partial charge in [-0.2, -0.15) is 0 Å². The summed E-state index contributed by atoms with van der Waals surface area (Å²) in [5, 5.41) is 3.44. The van der Waals surface area contributed by atoms with Gasteiger partial charge in [-0.15, -0.1) is 0 Å². The molecule has 2 heterocycles. The SMILES string of the molecule is CC[C@@H](NC1CCN([C@H](C)c2ccncc2)CC1)C(=O)OC. The summed E-state index contributed by atoms with van der Waals surface area (Å²) in [5.74, 6) is -0.157. The van der Waals surface area contributed by atoms with E-state index >= 15 is 0 Å². The Hall–Kier alpha value is -1.46. The first-order valence-electron chi connectivity index (χ1n) is 8.13. The molecule has 0 amide bonds. The average Bonchev–Trinajstić information content (AvgIpc) is 2.59. The van der Waals surface area contributed by atoms with E-state index in [-0.39, 0.29) is 12.0 Å². The van der Waals surface area contributed by atoms with Gasteiger partial charge in [0.05, 0.1) is 7.11 Å². The number of esters is 1. The summed E-state index contributed by atoms with van der Waals surface area (Å²) in [5.41, 5.74) is 1.31. The van der Waals surface area contributed by atoms with Crippen molar-refractivity contribution in [1.82, 2.24) is 15.2 Å². The van der Waals surface area contributed by atoms with Gasteiger partial charge in [-0.1, -0.05) is 6.92 Å². The van der Waals surface area contributed by atoms with E-state index in [0.29, 0.717) is 12.1 Å². The molecule has 1 aromatic rings. The first kappa shape index (κ1) is 16.9. The molecule has 5 nitrogen and oxygen atoms in total. The number of nitrogens with one attached hydrogen (secondary N) is 1. The maximum Gasteiger partial charge on any atom is 0.322 e. The van der Waals surface area contributed by atoms with Gasteiger partial charge in [0, 0.05) is 37.6 Å². The quantitative estimate of drug-likeness (QED) is 0.816. The number of pyridine rings is 1. The summed E-state index contributed by atoms with van der Waals surface area (Å²) < 4.78 is 4.84. The van der Waals surface area contributed by atoms with E-state index in [1.54, 1.807) is 0 Å². The van der Waals surface area contributed by atoms with Crippen LogP contribution in [0.4, 0.5) is 0 Å². The third-order valence-corrected chi connectivity index (χ3v) is 4.60. The van der Waals surface area contributed by atoms with Gasteiger partial charge in [-0.05, 0) is 43.9 Å². The van der Waals surface area contributed by atoms with Crippen molar-refractivity contribution in [2.24, 2.45) is 0 Å². The van der Waals surface area contributed by atoms with Crippen molar-refractivity contribution in [2.45, 2.75) is 51.2 Å². The van der Waals surface area contributed by atoms with Crippen LogP contribution in [0.3, 0.4) is 0 Å². The fourth-order valence-electron chi connectivity index (χ4n) is 3.09. The minimum atomic E-state index is -0.181. The molecule has 0 bridgehead atoms. The van der Waals surface area contributed by atoms with E-state index in [4.69, 9.17) is 4.74 Å². The smallest absolute Gasteiger partial charge is 0.322 e. The second-order valence-electron chi connectivity index (χ2n) is 5.92. The molecule has 2 rings (SSSR count). The molecular weight excluding hydrogens is 278 g/mol. The van der Waals surface area contributed by atoms with Crippen molar-refractivity contribution in [3.63, 3.8) is 0 Å². The predicted molar refractivity (Wildman–Crippen MR) is 86.5 cm³/mol. The number of nitrogens with zero attached hydrogens (tertiary/aromatic N) is 2. The van der Waals surface area contributed by atoms with Crippen LogP contribution in [0.5, 0.6) is 0 Å². The Morgan fingerprint density at radius 1 is 1.41 bits per heavy atom. The largest absolute Gasteiger partial charge is 0.468 e. The van der Waals surface area contributed by atoms with Gasteiger partial charge in [0.1, 0.15) is 6.04 Å².